The third-order valence-electron chi connectivity index (χ3n) is 3.95. The van der Waals surface area contributed by atoms with E-state index in [1.807, 2.05) is 0 Å². The van der Waals surface area contributed by atoms with Crippen molar-refractivity contribution in [1.82, 2.24) is 10.6 Å². The first-order chi connectivity index (χ1) is 8.24. The number of carbonyl (C=O) groups is 1. The first-order valence-electron chi connectivity index (χ1n) is 6.70. The zero-order valence-corrected chi connectivity index (χ0v) is 12.0. The Morgan fingerprint density at radius 1 is 1.39 bits per heavy atom. The summed E-state index contributed by atoms with van der Waals surface area (Å²) >= 11 is 0. The number of hydrogen-bond acceptors (Lipinski definition) is 3. The van der Waals surface area contributed by atoms with E-state index in [1.54, 1.807) is 7.11 Å². The smallest absolute Gasteiger partial charge is 0.220 e. The number of nitrogens with one attached hydrogen (secondary N) is 2. The minimum atomic E-state index is 0. The Morgan fingerprint density at radius 3 is 2.61 bits per heavy atom. The van der Waals surface area contributed by atoms with Crippen LogP contribution in [0.3, 0.4) is 0 Å². The summed E-state index contributed by atoms with van der Waals surface area (Å²) in [6.07, 6.45) is 5.37. The molecule has 4 nitrogen and oxygen atoms in total. The van der Waals surface area contributed by atoms with Gasteiger partial charge in [0, 0.05) is 25.5 Å². The van der Waals surface area contributed by atoms with Crippen molar-refractivity contribution in [3.05, 3.63) is 0 Å². The van der Waals surface area contributed by atoms with Gasteiger partial charge in [0.2, 0.25) is 5.91 Å². The van der Waals surface area contributed by atoms with E-state index < -0.39 is 0 Å². The molecule has 1 amide bonds. The van der Waals surface area contributed by atoms with Gasteiger partial charge in [-0.3, -0.25) is 4.79 Å². The average molecular weight is 277 g/mol. The van der Waals surface area contributed by atoms with Crippen LogP contribution < -0.4 is 10.6 Å². The zero-order valence-electron chi connectivity index (χ0n) is 11.2. The standard InChI is InChI=1S/C13H24N2O2.ClH/c1-17-10-13(4-6-14-7-5-13)9-15-12(16)8-11-2-3-11;/h11,14H,2-10H2,1H3,(H,15,16);1H. The van der Waals surface area contributed by atoms with Crippen molar-refractivity contribution in [3.63, 3.8) is 0 Å². The summed E-state index contributed by atoms with van der Waals surface area (Å²) in [5.74, 6) is 0.892. The van der Waals surface area contributed by atoms with Crippen LogP contribution in [0, 0.1) is 11.3 Å². The van der Waals surface area contributed by atoms with Gasteiger partial charge in [-0.15, -0.1) is 12.4 Å². The molecule has 0 spiro atoms. The van der Waals surface area contributed by atoms with Gasteiger partial charge in [0.25, 0.3) is 0 Å². The molecule has 5 heteroatoms. The quantitative estimate of drug-likeness (QED) is 0.770. The number of rotatable bonds is 6. The molecule has 2 fully saturated rings. The number of piperidine rings is 1. The van der Waals surface area contributed by atoms with Crippen LogP contribution in [-0.2, 0) is 9.53 Å². The lowest BCUT2D eigenvalue weighted by molar-refractivity contribution is -0.122. The first kappa shape index (κ1) is 15.7. The van der Waals surface area contributed by atoms with Crippen molar-refractivity contribution < 1.29 is 9.53 Å². The Hall–Kier alpha value is -0.320. The lowest BCUT2D eigenvalue weighted by Gasteiger charge is -2.37. The van der Waals surface area contributed by atoms with Crippen molar-refractivity contribution in [2.24, 2.45) is 11.3 Å². The third-order valence-corrected chi connectivity index (χ3v) is 3.95. The Balaban J connectivity index is 0.00000162. The molecule has 0 aromatic carbocycles. The first-order valence-corrected chi connectivity index (χ1v) is 6.70. The third kappa shape index (κ3) is 4.75. The summed E-state index contributed by atoms with van der Waals surface area (Å²) in [5, 5.41) is 6.46. The van der Waals surface area contributed by atoms with Gasteiger partial charge in [-0.1, -0.05) is 0 Å². The van der Waals surface area contributed by atoms with Crippen molar-refractivity contribution in [2.45, 2.75) is 32.1 Å². The summed E-state index contributed by atoms with van der Waals surface area (Å²) in [4.78, 5) is 11.7. The molecule has 1 aliphatic heterocycles. The number of halogens is 1. The molecule has 2 rings (SSSR count). The largest absolute Gasteiger partial charge is 0.384 e. The normalized spacial score (nSPS) is 22.1. The molecule has 0 radical (unpaired) electrons. The van der Waals surface area contributed by atoms with Crippen molar-refractivity contribution in [1.29, 1.82) is 0 Å². The van der Waals surface area contributed by atoms with Gasteiger partial charge >= 0.3 is 0 Å². The van der Waals surface area contributed by atoms with Gasteiger partial charge < -0.3 is 15.4 Å². The Bertz CT molecular complexity index is 258. The van der Waals surface area contributed by atoms with E-state index in [0.717, 1.165) is 45.5 Å². The molecule has 1 saturated heterocycles. The van der Waals surface area contributed by atoms with Crippen molar-refractivity contribution in [3.8, 4) is 0 Å². The summed E-state index contributed by atoms with van der Waals surface area (Å²) in [7, 11) is 1.75. The maximum atomic E-state index is 11.7. The van der Waals surface area contributed by atoms with Crippen LogP contribution in [0.15, 0.2) is 0 Å². The van der Waals surface area contributed by atoms with E-state index in [2.05, 4.69) is 10.6 Å². The Labute approximate surface area is 116 Å². The predicted octanol–water partition coefficient (Wildman–Crippen LogP) is 1.34. The molecule has 0 atom stereocenters. The molecule has 106 valence electrons. The number of methoxy groups -OCH3 is 1. The molecule has 0 bridgehead atoms. The van der Waals surface area contributed by atoms with E-state index in [9.17, 15) is 4.79 Å². The van der Waals surface area contributed by atoms with E-state index in [0.29, 0.717) is 5.92 Å². The van der Waals surface area contributed by atoms with Gasteiger partial charge in [-0.05, 0) is 44.7 Å². The summed E-state index contributed by atoms with van der Waals surface area (Å²) in [5.41, 5.74) is 0.152. The molecule has 0 aromatic rings. The number of hydrogen-bond donors (Lipinski definition) is 2. The highest BCUT2D eigenvalue weighted by molar-refractivity contribution is 5.85. The van der Waals surface area contributed by atoms with Crippen molar-refractivity contribution >= 4 is 18.3 Å². The van der Waals surface area contributed by atoms with Gasteiger partial charge in [0.15, 0.2) is 0 Å². The van der Waals surface area contributed by atoms with Crippen LogP contribution >= 0.6 is 12.4 Å². The predicted molar refractivity (Wildman–Crippen MR) is 74.0 cm³/mol. The lowest BCUT2D eigenvalue weighted by atomic mass is 9.79. The maximum absolute atomic E-state index is 11.7. The summed E-state index contributed by atoms with van der Waals surface area (Å²) < 4.78 is 5.33. The van der Waals surface area contributed by atoms with Gasteiger partial charge in [-0.25, -0.2) is 0 Å². The van der Waals surface area contributed by atoms with E-state index >= 15 is 0 Å². The topological polar surface area (TPSA) is 50.4 Å². The molecule has 18 heavy (non-hydrogen) atoms. The van der Waals surface area contributed by atoms with Crippen LogP contribution in [0.25, 0.3) is 0 Å². The fourth-order valence-corrected chi connectivity index (χ4v) is 2.58. The fraction of sp³-hybridized carbons (Fsp3) is 0.923. The summed E-state index contributed by atoms with van der Waals surface area (Å²) in [6.45, 7) is 3.58. The van der Waals surface area contributed by atoms with Crippen LogP contribution in [0.2, 0.25) is 0 Å². The zero-order chi connectivity index (χ0) is 12.1. The summed E-state index contributed by atoms with van der Waals surface area (Å²) in [6, 6.07) is 0. The molecule has 1 saturated carbocycles. The van der Waals surface area contributed by atoms with E-state index in [-0.39, 0.29) is 23.7 Å². The second-order valence-corrected chi connectivity index (χ2v) is 5.61. The molecule has 2 N–H and O–H groups in total. The second-order valence-electron chi connectivity index (χ2n) is 5.61. The molecule has 2 aliphatic rings. The van der Waals surface area contributed by atoms with Crippen LogP contribution in [0.4, 0.5) is 0 Å². The van der Waals surface area contributed by atoms with Crippen LogP contribution in [0.5, 0.6) is 0 Å². The molecule has 1 aliphatic carbocycles. The SMILES string of the molecule is COCC1(CNC(=O)CC2CC2)CCNCC1.Cl. The van der Waals surface area contributed by atoms with Crippen LogP contribution in [0.1, 0.15) is 32.1 Å². The number of carbonyl (C=O) groups excluding carboxylic acids is 1. The fourth-order valence-electron chi connectivity index (χ4n) is 2.58. The highest BCUT2D eigenvalue weighted by Gasteiger charge is 2.33. The van der Waals surface area contributed by atoms with E-state index in [4.69, 9.17) is 4.74 Å². The number of amides is 1. The van der Waals surface area contributed by atoms with Gasteiger partial charge in [0.1, 0.15) is 0 Å². The molecular formula is C13H25ClN2O2. The molecule has 0 unspecified atom stereocenters. The minimum absolute atomic E-state index is 0. The Morgan fingerprint density at radius 2 is 2.06 bits per heavy atom. The Kier molecular flexibility index (Phi) is 6.39. The monoisotopic (exact) mass is 276 g/mol. The van der Waals surface area contributed by atoms with Gasteiger partial charge in [0.05, 0.1) is 6.61 Å². The average Bonchev–Trinajstić information content (AvgIpc) is 3.12. The molecule has 0 aromatic heterocycles. The second kappa shape index (κ2) is 7.31. The highest BCUT2D eigenvalue weighted by atomic mass is 35.5. The number of ether oxygens (including phenoxy) is 1. The minimum Gasteiger partial charge on any atom is -0.384 e. The van der Waals surface area contributed by atoms with Crippen LogP contribution in [-0.4, -0.2) is 39.3 Å². The van der Waals surface area contributed by atoms with E-state index in [1.165, 1.54) is 12.8 Å². The maximum Gasteiger partial charge on any atom is 0.220 e. The van der Waals surface area contributed by atoms with Crippen molar-refractivity contribution in [2.75, 3.05) is 33.4 Å². The highest BCUT2D eigenvalue weighted by Crippen LogP contribution is 2.32. The molecular weight excluding hydrogens is 252 g/mol. The molecule has 1 heterocycles. The lowest BCUT2D eigenvalue weighted by Crippen LogP contribution is -2.47. The van der Waals surface area contributed by atoms with Gasteiger partial charge in [-0.2, -0.15) is 0 Å².